The van der Waals surface area contributed by atoms with Gasteiger partial charge in [0.1, 0.15) is 11.5 Å². The van der Waals surface area contributed by atoms with Gasteiger partial charge in [0.05, 0.1) is 5.02 Å². The van der Waals surface area contributed by atoms with Crippen molar-refractivity contribution in [3.63, 3.8) is 0 Å². The fraction of sp³-hybridized carbons (Fsp3) is 0.455. The summed E-state index contributed by atoms with van der Waals surface area (Å²) in [4.78, 5) is 17.9. The van der Waals surface area contributed by atoms with Gasteiger partial charge in [0, 0.05) is 36.0 Å². The third-order valence-corrected chi connectivity index (χ3v) is 5.24. The van der Waals surface area contributed by atoms with Crippen molar-refractivity contribution < 1.29 is 19.1 Å². The van der Waals surface area contributed by atoms with Gasteiger partial charge < -0.3 is 4.90 Å². The van der Waals surface area contributed by atoms with Gasteiger partial charge >= 0.3 is 0 Å². The highest BCUT2D eigenvalue weighted by atomic mass is 35.5. The molecule has 1 aromatic heterocycles. The summed E-state index contributed by atoms with van der Waals surface area (Å²) < 4.78 is 60.7. The normalized spacial score (nSPS) is 24.1. The second kappa shape index (κ2) is 8.99. The van der Waals surface area contributed by atoms with E-state index in [9.17, 15) is 9.18 Å². The minimum atomic E-state index is -2.20. The molecule has 3 nitrogen and oxygen atoms in total. The number of likely N-dealkylation sites (tertiary alicyclic amines) is 1. The zero-order valence-electron chi connectivity index (χ0n) is 19.6. The van der Waals surface area contributed by atoms with Crippen molar-refractivity contribution in [1.29, 1.82) is 0 Å². The summed E-state index contributed by atoms with van der Waals surface area (Å²) in [7, 11) is 0. The molecule has 0 N–H and O–H groups in total. The summed E-state index contributed by atoms with van der Waals surface area (Å²) in [5.41, 5.74) is -0.527. The molecule has 1 amide bonds. The molecule has 1 saturated heterocycles. The number of carbonyl (C=O) groups excluding carboxylic acids is 1. The van der Waals surface area contributed by atoms with Gasteiger partial charge in [-0.2, -0.15) is 0 Å². The first-order valence-corrected chi connectivity index (χ1v) is 9.60. The van der Waals surface area contributed by atoms with E-state index in [1.165, 1.54) is 19.2 Å². The molecule has 2 aromatic rings. The Balaban J connectivity index is 1.60. The lowest BCUT2D eigenvalue weighted by Crippen LogP contribution is -2.44. The first-order valence-electron chi connectivity index (χ1n) is 11.2. The Labute approximate surface area is 175 Å². The van der Waals surface area contributed by atoms with Crippen LogP contribution in [0.4, 0.5) is 8.78 Å². The molecule has 0 aliphatic carbocycles. The monoisotopic (exact) mass is 410 g/mol. The molecule has 150 valence electrons. The minimum Gasteiger partial charge on any atom is -0.338 e. The van der Waals surface area contributed by atoms with Gasteiger partial charge in [-0.05, 0) is 68.3 Å². The number of pyridine rings is 1. The number of carbonyl (C=O) groups is 1. The highest BCUT2D eigenvalue weighted by Crippen LogP contribution is 2.32. The molecule has 1 aliphatic heterocycles. The Hall–Kier alpha value is -2.01. The van der Waals surface area contributed by atoms with Gasteiger partial charge in [0.15, 0.2) is 0 Å². The van der Waals surface area contributed by atoms with E-state index in [1.54, 1.807) is 12.1 Å². The number of aryl methyl sites for hydroxylation is 2. The zero-order valence-corrected chi connectivity index (χ0v) is 16.4. The number of aromatic nitrogens is 1. The quantitative estimate of drug-likeness (QED) is 0.638. The van der Waals surface area contributed by atoms with Crippen molar-refractivity contribution >= 4 is 17.5 Å². The number of alkyl halides is 1. The lowest BCUT2D eigenvalue weighted by Gasteiger charge is -2.36. The van der Waals surface area contributed by atoms with Gasteiger partial charge in [-0.15, -0.1) is 0 Å². The molecule has 0 spiro atoms. The van der Waals surface area contributed by atoms with Crippen molar-refractivity contribution in [2.75, 3.05) is 13.0 Å². The fourth-order valence-corrected chi connectivity index (χ4v) is 3.38. The van der Waals surface area contributed by atoms with Crippen LogP contribution < -0.4 is 0 Å². The van der Waals surface area contributed by atoms with Crippen LogP contribution in [-0.2, 0) is 12.8 Å². The van der Waals surface area contributed by atoms with Crippen LogP contribution in [0.1, 0.15) is 59.7 Å². The van der Waals surface area contributed by atoms with Gasteiger partial charge in [-0.1, -0.05) is 24.6 Å². The first-order chi connectivity index (χ1) is 14.8. The molecule has 6 heteroatoms. The van der Waals surface area contributed by atoms with E-state index in [4.69, 9.17) is 17.1 Å². The summed E-state index contributed by atoms with van der Waals surface area (Å²) >= 11 is 5.73. The molecule has 1 aliphatic rings. The predicted molar refractivity (Wildman–Crippen MR) is 107 cm³/mol. The van der Waals surface area contributed by atoms with Gasteiger partial charge in [-0.25, -0.2) is 8.78 Å². The summed E-state index contributed by atoms with van der Waals surface area (Å²) in [5.74, 6) is -1.33. The highest BCUT2D eigenvalue weighted by Gasteiger charge is 2.35. The van der Waals surface area contributed by atoms with Crippen LogP contribution in [0.15, 0.2) is 36.5 Å². The van der Waals surface area contributed by atoms with Crippen LogP contribution in [0.2, 0.25) is 5.02 Å². The number of benzene rings is 1. The Morgan fingerprint density at radius 3 is 2.86 bits per heavy atom. The predicted octanol–water partition coefficient (Wildman–Crippen LogP) is 5.40. The molecule has 28 heavy (non-hydrogen) atoms. The van der Waals surface area contributed by atoms with Crippen LogP contribution in [0, 0.1) is 5.82 Å². The lowest BCUT2D eigenvalue weighted by atomic mass is 9.87. The Morgan fingerprint density at radius 1 is 1.39 bits per heavy atom. The van der Waals surface area contributed by atoms with E-state index in [0.29, 0.717) is 24.1 Å². The molecule has 1 unspecified atom stereocenters. The maximum Gasteiger partial charge on any atom is 0.253 e. The summed E-state index contributed by atoms with van der Waals surface area (Å²) in [5, 5.41) is -0.232. The number of nitrogens with zero attached hydrogens (tertiary/aromatic N) is 2. The summed E-state index contributed by atoms with van der Waals surface area (Å²) in [6.07, 6.45) is 0.585. The SMILES string of the molecule is [2H]C([2H])(C)c1ccc(CCCC2(F)CCN(C(=O)c3ccc(F)c(Cl)c3)C([2H])([2H])C2)nc1. The zero-order chi connectivity index (χ0) is 23.7. The number of hydrogen-bond donors (Lipinski definition) is 0. The molecule has 0 saturated carbocycles. The number of rotatable bonds is 6. The molecular formula is C22H25ClF2N2O. The lowest BCUT2D eigenvalue weighted by molar-refractivity contribution is 0.0389. The van der Waals surface area contributed by atoms with Crippen LogP contribution >= 0.6 is 11.6 Å². The van der Waals surface area contributed by atoms with E-state index in [-0.39, 0.29) is 30.0 Å². The molecule has 2 heterocycles. The number of piperidine rings is 1. The third-order valence-electron chi connectivity index (χ3n) is 4.95. The maximum absolute atomic E-state index is 15.4. The number of halogens is 3. The average molecular weight is 411 g/mol. The van der Waals surface area contributed by atoms with Gasteiger partial charge in [-0.3, -0.25) is 9.78 Å². The van der Waals surface area contributed by atoms with Gasteiger partial charge in [0.25, 0.3) is 5.91 Å². The largest absolute Gasteiger partial charge is 0.338 e. The average Bonchev–Trinajstić information content (AvgIpc) is 2.68. The van der Waals surface area contributed by atoms with E-state index in [0.717, 1.165) is 17.0 Å². The molecule has 1 fully saturated rings. The van der Waals surface area contributed by atoms with Crippen LogP contribution in [0.25, 0.3) is 0 Å². The summed E-state index contributed by atoms with van der Waals surface area (Å²) in [6, 6.07) is 6.81. The van der Waals surface area contributed by atoms with E-state index < -0.39 is 36.7 Å². The molecule has 1 aromatic carbocycles. The number of amides is 1. The van der Waals surface area contributed by atoms with Crippen molar-refractivity contribution in [2.45, 2.75) is 51.1 Å². The standard InChI is InChI=1S/C22H25ClF2N2O/c1-2-16-5-7-18(26-15-16)4-3-9-22(25)10-12-27(13-11-22)21(28)17-6-8-20(24)19(23)14-17/h5-8,14-15H,2-4,9-13H2,1H3/i2D2,12D2. The molecule has 1 atom stereocenters. The van der Waals surface area contributed by atoms with Gasteiger partial charge in [0.2, 0.25) is 0 Å². The molecular weight excluding hydrogens is 382 g/mol. The Morgan fingerprint density at radius 2 is 2.21 bits per heavy atom. The Bertz CT molecular complexity index is 985. The van der Waals surface area contributed by atoms with Crippen molar-refractivity contribution in [2.24, 2.45) is 0 Å². The number of hydrogen-bond acceptors (Lipinski definition) is 2. The molecule has 3 rings (SSSR count). The molecule has 0 radical (unpaired) electrons. The fourth-order valence-electron chi connectivity index (χ4n) is 3.20. The van der Waals surface area contributed by atoms with E-state index >= 15 is 4.39 Å². The van der Waals surface area contributed by atoms with Crippen molar-refractivity contribution in [3.05, 3.63) is 64.2 Å². The third kappa shape index (κ3) is 5.07. The smallest absolute Gasteiger partial charge is 0.253 e. The maximum atomic E-state index is 15.4. The van der Waals surface area contributed by atoms with E-state index in [1.807, 2.05) is 0 Å². The summed E-state index contributed by atoms with van der Waals surface area (Å²) in [6.45, 7) is -0.848. The minimum absolute atomic E-state index is 0.00438. The van der Waals surface area contributed by atoms with Crippen LogP contribution in [0.3, 0.4) is 0 Å². The first kappa shape index (κ1) is 15.9. The van der Waals surface area contributed by atoms with Crippen LogP contribution in [-0.4, -0.2) is 34.5 Å². The second-order valence-electron chi connectivity index (χ2n) is 6.96. The van der Waals surface area contributed by atoms with E-state index in [2.05, 4.69) is 4.98 Å². The second-order valence-corrected chi connectivity index (χ2v) is 7.37. The Kier molecular flexibility index (Phi) is 5.09. The highest BCUT2D eigenvalue weighted by molar-refractivity contribution is 6.31. The topological polar surface area (TPSA) is 33.2 Å². The van der Waals surface area contributed by atoms with Crippen molar-refractivity contribution in [3.8, 4) is 0 Å². The molecule has 0 bridgehead atoms. The van der Waals surface area contributed by atoms with Crippen molar-refractivity contribution in [1.82, 2.24) is 9.88 Å². The van der Waals surface area contributed by atoms with Crippen LogP contribution in [0.5, 0.6) is 0 Å².